The summed E-state index contributed by atoms with van der Waals surface area (Å²) < 4.78 is 6.36. The summed E-state index contributed by atoms with van der Waals surface area (Å²) in [6.07, 6.45) is 1.12. The van der Waals surface area contributed by atoms with Gasteiger partial charge in [0.25, 0.3) is 0 Å². The van der Waals surface area contributed by atoms with Gasteiger partial charge in [-0.2, -0.15) is 0 Å². The Morgan fingerprint density at radius 2 is 2.06 bits per heavy atom. The Bertz CT molecular complexity index is 601. The molecule has 0 atom stereocenters. The van der Waals surface area contributed by atoms with Gasteiger partial charge >= 0.3 is 6.09 Å². The Hall–Kier alpha value is -2.30. The fourth-order valence-corrected chi connectivity index (χ4v) is 1.81. The van der Waals surface area contributed by atoms with Crippen LogP contribution in [0.3, 0.4) is 0 Å². The molecule has 18 heavy (non-hydrogen) atoms. The lowest BCUT2D eigenvalue weighted by molar-refractivity contribution is -0.114. The molecule has 1 aromatic carbocycles. The molecule has 0 saturated heterocycles. The molecule has 0 unspecified atom stereocenters. The molecule has 2 rings (SSSR count). The van der Waals surface area contributed by atoms with Crippen LogP contribution in [-0.2, 0) is 9.53 Å². The lowest BCUT2D eigenvalue weighted by Gasteiger charge is -2.02. The Morgan fingerprint density at radius 3 is 2.72 bits per heavy atom. The van der Waals surface area contributed by atoms with Crippen LogP contribution in [0.4, 0.5) is 10.5 Å². The predicted molar refractivity (Wildman–Crippen MR) is 68.7 cm³/mol. The first-order valence-corrected chi connectivity index (χ1v) is 5.68. The number of nitrogens with zero attached hydrogens (tertiary/aromatic N) is 1. The van der Waals surface area contributed by atoms with Crippen LogP contribution in [0, 0.1) is 0 Å². The van der Waals surface area contributed by atoms with Crippen molar-refractivity contribution < 1.29 is 14.3 Å². The molecule has 0 aliphatic rings. The van der Waals surface area contributed by atoms with Gasteiger partial charge in [-0.1, -0.05) is 18.2 Å². The number of aromatic nitrogens is 1. The van der Waals surface area contributed by atoms with Gasteiger partial charge in [-0.25, -0.2) is 4.79 Å². The molecule has 1 N–H and O–H groups in total. The molecule has 2 aromatic rings. The number of ether oxygens (including phenoxy) is 1. The molecule has 1 heterocycles. The zero-order valence-corrected chi connectivity index (χ0v) is 10.3. The van der Waals surface area contributed by atoms with Crippen LogP contribution < -0.4 is 5.32 Å². The van der Waals surface area contributed by atoms with Crippen molar-refractivity contribution in [2.24, 2.45) is 0 Å². The summed E-state index contributed by atoms with van der Waals surface area (Å²) in [6, 6.07) is 7.33. The second-order valence-electron chi connectivity index (χ2n) is 3.81. The molecular formula is C13H14N2O3. The summed E-state index contributed by atoms with van der Waals surface area (Å²) in [4.78, 5) is 22.9. The number of hydrogen-bond acceptors (Lipinski definition) is 3. The maximum Gasteiger partial charge on any atom is 0.418 e. The first-order valence-electron chi connectivity index (χ1n) is 5.68. The number of nitrogens with one attached hydrogen (secondary N) is 1. The van der Waals surface area contributed by atoms with Crippen molar-refractivity contribution in [3.05, 3.63) is 30.5 Å². The average Bonchev–Trinajstić information content (AvgIpc) is 2.68. The normalized spacial score (nSPS) is 10.3. The number of carbonyl (C=O) groups excluding carboxylic acids is 2. The quantitative estimate of drug-likeness (QED) is 0.886. The number of carbonyl (C=O) groups is 2. The van der Waals surface area contributed by atoms with Crippen LogP contribution in [-0.4, -0.2) is 23.2 Å². The van der Waals surface area contributed by atoms with Gasteiger partial charge in [0, 0.05) is 18.5 Å². The largest absolute Gasteiger partial charge is 0.449 e. The van der Waals surface area contributed by atoms with Gasteiger partial charge < -0.3 is 10.1 Å². The van der Waals surface area contributed by atoms with Crippen molar-refractivity contribution in [3.63, 3.8) is 0 Å². The number of fused-ring (bicyclic) bond motifs is 1. The van der Waals surface area contributed by atoms with E-state index in [-0.39, 0.29) is 5.91 Å². The highest BCUT2D eigenvalue weighted by molar-refractivity contribution is 6.04. The topological polar surface area (TPSA) is 60.3 Å². The van der Waals surface area contributed by atoms with Gasteiger partial charge in [-0.05, 0) is 13.0 Å². The van der Waals surface area contributed by atoms with Gasteiger partial charge in [0.1, 0.15) is 0 Å². The number of para-hydroxylation sites is 1. The highest BCUT2D eigenvalue weighted by Crippen LogP contribution is 2.25. The van der Waals surface area contributed by atoms with Crippen LogP contribution in [0.1, 0.15) is 13.8 Å². The van der Waals surface area contributed by atoms with Crippen molar-refractivity contribution in [3.8, 4) is 0 Å². The number of anilines is 1. The lowest BCUT2D eigenvalue weighted by atomic mass is 10.2. The van der Waals surface area contributed by atoms with Crippen LogP contribution >= 0.6 is 0 Å². The molecule has 0 radical (unpaired) electrons. The highest BCUT2D eigenvalue weighted by Gasteiger charge is 2.14. The minimum Gasteiger partial charge on any atom is -0.449 e. The van der Waals surface area contributed by atoms with Gasteiger partial charge in [0.05, 0.1) is 17.8 Å². The standard InChI is InChI=1S/C13H14N2O3/c1-3-18-13(17)15-8-11(14-9(2)16)10-6-4-5-7-12(10)15/h4-8H,3H2,1-2H3,(H,14,16). The maximum atomic E-state index is 11.8. The number of rotatable bonds is 2. The van der Waals surface area contributed by atoms with Crippen LogP contribution in [0.5, 0.6) is 0 Å². The van der Waals surface area contributed by atoms with Crippen molar-refractivity contribution in [2.75, 3.05) is 11.9 Å². The Kier molecular flexibility index (Phi) is 3.32. The molecule has 0 bridgehead atoms. The summed E-state index contributed by atoms with van der Waals surface area (Å²) in [5.74, 6) is -0.179. The second kappa shape index (κ2) is 4.91. The van der Waals surface area contributed by atoms with Crippen molar-refractivity contribution in [1.82, 2.24) is 4.57 Å². The second-order valence-corrected chi connectivity index (χ2v) is 3.81. The molecule has 5 nitrogen and oxygen atoms in total. The summed E-state index contributed by atoms with van der Waals surface area (Å²) in [7, 11) is 0. The highest BCUT2D eigenvalue weighted by atomic mass is 16.5. The molecule has 1 amide bonds. The Labute approximate surface area is 104 Å². The minimum atomic E-state index is -0.453. The SMILES string of the molecule is CCOC(=O)n1cc(NC(C)=O)c2ccccc21. The van der Waals surface area contributed by atoms with Crippen LogP contribution in [0.15, 0.2) is 30.5 Å². The predicted octanol–water partition coefficient (Wildman–Crippen LogP) is 2.60. The van der Waals surface area contributed by atoms with Crippen LogP contribution in [0.25, 0.3) is 10.9 Å². The van der Waals surface area contributed by atoms with E-state index >= 15 is 0 Å². The van der Waals surface area contributed by atoms with E-state index in [4.69, 9.17) is 4.74 Å². The number of amides is 1. The molecule has 1 aromatic heterocycles. The summed E-state index contributed by atoms with van der Waals surface area (Å²) in [5, 5.41) is 3.50. The van der Waals surface area contributed by atoms with Crippen molar-refractivity contribution in [2.45, 2.75) is 13.8 Å². The summed E-state index contributed by atoms with van der Waals surface area (Å²) in [5.41, 5.74) is 1.31. The minimum absolute atomic E-state index is 0.179. The molecule has 0 fully saturated rings. The first kappa shape index (κ1) is 12.2. The van der Waals surface area contributed by atoms with Gasteiger partial charge in [-0.3, -0.25) is 9.36 Å². The molecule has 5 heteroatoms. The first-order chi connectivity index (χ1) is 8.63. The van der Waals surface area contributed by atoms with Crippen molar-refractivity contribution in [1.29, 1.82) is 0 Å². The smallest absolute Gasteiger partial charge is 0.418 e. The Balaban J connectivity index is 2.53. The van der Waals surface area contributed by atoms with E-state index in [1.807, 2.05) is 18.2 Å². The van der Waals surface area contributed by atoms with Gasteiger partial charge in [0.15, 0.2) is 0 Å². The van der Waals surface area contributed by atoms with E-state index in [2.05, 4.69) is 5.32 Å². The average molecular weight is 246 g/mol. The number of hydrogen-bond donors (Lipinski definition) is 1. The molecule has 0 saturated carbocycles. The number of benzene rings is 1. The zero-order valence-electron chi connectivity index (χ0n) is 10.3. The van der Waals surface area contributed by atoms with Gasteiger partial charge in [-0.15, -0.1) is 0 Å². The van der Waals surface area contributed by atoms with E-state index in [0.717, 1.165) is 5.39 Å². The van der Waals surface area contributed by atoms with E-state index in [0.29, 0.717) is 17.8 Å². The Morgan fingerprint density at radius 1 is 1.33 bits per heavy atom. The van der Waals surface area contributed by atoms with Crippen molar-refractivity contribution >= 4 is 28.6 Å². The van der Waals surface area contributed by atoms with E-state index in [9.17, 15) is 9.59 Å². The van der Waals surface area contributed by atoms with E-state index in [1.165, 1.54) is 11.5 Å². The lowest BCUT2D eigenvalue weighted by Crippen LogP contribution is -2.12. The van der Waals surface area contributed by atoms with Gasteiger partial charge in [0.2, 0.25) is 5.91 Å². The molecule has 0 aliphatic heterocycles. The fourth-order valence-electron chi connectivity index (χ4n) is 1.81. The van der Waals surface area contributed by atoms with Crippen LogP contribution in [0.2, 0.25) is 0 Å². The molecule has 0 aliphatic carbocycles. The summed E-state index contributed by atoms with van der Waals surface area (Å²) in [6.45, 7) is 3.48. The third-order valence-electron chi connectivity index (χ3n) is 2.49. The van der Waals surface area contributed by atoms with E-state index < -0.39 is 6.09 Å². The fraction of sp³-hybridized carbons (Fsp3) is 0.231. The van der Waals surface area contributed by atoms with E-state index in [1.54, 1.807) is 19.2 Å². The molecule has 0 spiro atoms. The molecule has 94 valence electrons. The zero-order chi connectivity index (χ0) is 13.1. The monoisotopic (exact) mass is 246 g/mol. The third-order valence-corrected chi connectivity index (χ3v) is 2.49. The summed E-state index contributed by atoms with van der Waals surface area (Å²) >= 11 is 0. The maximum absolute atomic E-state index is 11.8. The molecular weight excluding hydrogens is 232 g/mol. The third kappa shape index (κ3) is 2.20.